The number of nitrogens with zero attached hydrogens (tertiary/aromatic N) is 2. The first kappa shape index (κ1) is 20.9. The molecule has 0 saturated carbocycles. The zero-order valence-electron chi connectivity index (χ0n) is 15.2. The largest absolute Gasteiger partial charge is 0.478 e. The maximum Gasteiger partial charge on any atom is 0.335 e. The van der Waals surface area contributed by atoms with Gasteiger partial charge in [-0.15, -0.1) is 0 Å². The molecule has 0 amide bonds. The van der Waals surface area contributed by atoms with E-state index < -0.39 is 5.97 Å². The number of aromatic carboxylic acids is 1. The van der Waals surface area contributed by atoms with Crippen LogP contribution in [0.5, 0.6) is 0 Å². The van der Waals surface area contributed by atoms with Crippen molar-refractivity contribution in [1.29, 1.82) is 0 Å². The highest BCUT2D eigenvalue weighted by Crippen LogP contribution is 2.19. The van der Waals surface area contributed by atoms with Crippen LogP contribution in [-0.2, 0) is 6.54 Å². The number of carbonyl (C=O) groups is 1. The van der Waals surface area contributed by atoms with Crippen molar-refractivity contribution in [2.45, 2.75) is 46.1 Å². The second kappa shape index (κ2) is 11.5. The van der Waals surface area contributed by atoms with Crippen LogP contribution in [0.3, 0.4) is 0 Å². The zero-order chi connectivity index (χ0) is 17.9. The van der Waals surface area contributed by atoms with Gasteiger partial charge in [-0.3, -0.25) is 0 Å². The predicted molar refractivity (Wildman–Crippen MR) is 101 cm³/mol. The van der Waals surface area contributed by atoms with Gasteiger partial charge in [-0.05, 0) is 76.6 Å². The van der Waals surface area contributed by atoms with Gasteiger partial charge in [-0.1, -0.05) is 31.5 Å². The molecule has 0 saturated heterocycles. The first-order valence-electron chi connectivity index (χ1n) is 8.90. The van der Waals surface area contributed by atoms with E-state index in [0.717, 1.165) is 25.1 Å². The normalized spacial score (nSPS) is 11.4. The van der Waals surface area contributed by atoms with E-state index in [4.69, 9.17) is 16.7 Å². The maximum absolute atomic E-state index is 10.9. The third-order valence-electron chi connectivity index (χ3n) is 4.08. The summed E-state index contributed by atoms with van der Waals surface area (Å²) in [7, 11) is 2.08. The summed E-state index contributed by atoms with van der Waals surface area (Å²) in [4.78, 5) is 15.7. The molecule has 0 aliphatic carbocycles. The van der Waals surface area contributed by atoms with E-state index in [2.05, 4.69) is 30.7 Å². The van der Waals surface area contributed by atoms with Crippen LogP contribution in [0.2, 0.25) is 5.02 Å². The van der Waals surface area contributed by atoms with Crippen LogP contribution in [0.25, 0.3) is 0 Å². The van der Waals surface area contributed by atoms with Crippen LogP contribution < -0.4 is 0 Å². The van der Waals surface area contributed by atoms with Gasteiger partial charge in [0.05, 0.1) is 5.56 Å². The minimum Gasteiger partial charge on any atom is -0.478 e. The van der Waals surface area contributed by atoms with E-state index >= 15 is 0 Å². The van der Waals surface area contributed by atoms with Gasteiger partial charge in [0, 0.05) is 11.6 Å². The molecular formula is C19H31ClN2O2. The van der Waals surface area contributed by atoms with Crippen LogP contribution >= 0.6 is 11.6 Å². The Morgan fingerprint density at radius 2 is 1.71 bits per heavy atom. The average molecular weight is 355 g/mol. The molecule has 24 heavy (non-hydrogen) atoms. The Hall–Kier alpha value is -1.10. The molecule has 0 aliphatic heterocycles. The summed E-state index contributed by atoms with van der Waals surface area (Å²) in [6.07, 6.45) is 4.79. The lowest BCUT2D eigenvalue weighted by molar-refractivity contribution is 0.0697. The van der Waals surface area contributed by atoms with Gasteiger partial charge < -0.3 is 14.9 Å². The number of hydrogen-bond donors (Lipinski definition) is 1. The van der Waals surface area contributed by atoms with Crippen molar-refractivity contribution in [1.82, 2.24) is 9.80 Å². The van der Waals surface area contributed by atoms with Gasteiger partial charge in [-0.25, -0.2) is 4.79 Å². The van der Waals surface area contributed by atoms with Gasteiger partial charge in [-0.2, -0.15) is 0 Å². The fourth-order valence-corrected chi connectivity index (χ4v) is 3.10. The Bertz CT molecular complexity index is 502. The van der Waals surface area contributed by atoms with Crippen LogP contribution in [0.15, 0.2) is 18.2 Å². The zero-order valence-corrected chi connectivity index (χ0v) is 16.0. The number of carboxylic acids is 1. The van der Waals surface area contributed by atoms with Crippen LogP contribution in [-0.4, -0.2) is 54.1 Å². The molecule has 0 heterocycles. The highest BCUT2D eigenvalue weighted by molar-refractivity contribution is 6.31. The molecule has 5 heteroatoms. The van der Waals surface area contributed by atoms with E-state index in [0.29, 0.717) is 5.02 Å². The number of carboxylic acid groups (broad SMARTS) is 1. The molecule has 0 radical (unpaired) electrons. The van der Waals surface area contributed by atoms with E-state index in [1.54, 1.807) is 6.07 Å². The van der Waals surface area contributed by atoms with Crippen molar-refractivity contribution >= 4 is 17.6 Å². The summed E-state index contributed by atoms with van der Waals surface area (Å²) >= 11 is 6.19. The van der Waals surface area contributed by atoms with E-state index in [1.807, 2.05) is 6.07 Å². The fraction of sp³-hybridized carbons (Fsp3) is 0.632. The Balaban J connectivity index is 2.36. The Kier molecular flexibility index (Phi) is 9.99. The van der Waals surface area contributed by atoms with E-state index in [9.17, 15) is 4.79 Å². The molecule has 1 rings (SSSR count). The van der Waals surface area contributed by atoms with Gasteiger partial charge in [0.1, 0.15) is 0 Å². The Morgan fingerprint density at radius 3 is 2.25 bits per heavy atom. The summed E-state index contributed by atoms with van der Waals surface area (Å²) in [5, 5.41) is 9.50. The highest BCUT2D eigenvalue weighted by Gasteiger charge is 2.09. The molecular weight excluding hydrogens is 324 g/mol. The number of rotatable bonds is 12. The molecule has 0 aromatic heterocycles. The molecule has 0 fully saturated rings. The van der Waals surface area contributed by atoms with Crippen molar-refractivity contribution < 1.29 is 9.90 Å². The van der Waals surface area contributed by atoms with E-state index in [-0.39, 0.29) is 5.56 Å². The summed E-state index contributed by atoms with van der Waals surface area (Å²) in [5.74, 6) is -0.944. The lowest BCUT2D eigenvalue weighted by atomic mass is 10.1. The third kappa shape index (κ3) is 7.65. The molecule has 0 aliphatic rings. The fourth-order valence-electron chi connectivity index (χ4n) is 2.86. The van der Waals surface area contributed by atoms with Gasteiger partial charge in [0.25, 0.3) is 0 Å². The maximum atomic E-state index is 10.9. The SMILES string of the molecule is CCCN(CCC)CCCCN(C)Cc1ccc(C(=O)O)cc1Cl. The highest BCUT2D eigenvalue weighted by atomic mass is 35.5. The molecule has 4 nitrogen and oxygen atoms in total. The number of unbranched alkanes of at least 4 members (excludes halogenated alkanes) is 1. The van der Waals surface area contributed by atoms with Crippen LogP contribution in [0.4, 0.5) is 0 Å². The standard InChI is InChI=1S/C19H31ClN2O2/c1-4-10-22(11-5-2)13-7-6-12-21(3)15-17-9-8-16(19(23)24)14-18(17)20/h8-9,14H,4-7,10-13,15H2,1-3H3,(H,23,24). The van der Waals surface area contributed by atoms with Gasteiger partial charge in [0.15, 0.2) is 0 Å². The first-order valence-corrected chi connectivity index (χ1v) is 9.28. The molecule has 0 bridgehead atoms. The molecule has 1 aromatic rings. The summed E-state index contributed by atoms with van der Waals surface area (Å²) in [6, 6.07) is 4.96. The second-order valence-electron chi connectivity index (χ2n) is 6.40. The van der Waals surface area contributed by atoms with Crippen molar-refractivity contribution in [2.75, 3.05) is 33.2 Å². The predicted octanol–water partition coefficient (Wildman–Crippen LogP) is 4.37. The molecule has 1 aromatic carbocycles. The molecule has 0 unspecified atom stereocenters. The van der Waals surface area contributed by atoms with Crippen molar-refractivity contribution in [3.63, 3.8) is 0 Å². The number of halogens is 1. The van der Waals surface area contributed by atoms with Crippen LogP contribution in [0.1, 0.15) is 55.5 Å². The second-order valence-corrected chi connectivity index (χ2v) is 6.81. The Labute approximate surface area is 151 Å². The molecule has 0 spiro atoms. The summed E-state index contributed by atoms with van der Waals surface area (Å²) in [6.45, 7) is 9.77. The molecule has 0 atom stereocenters. The molecule has 136 valence electrons. The van der Waals surface area contributed by atoms with Gasteiger partial charge >= 0.3 is 5.97 Å². The molecule has 1 N–H and O–H groups in total. The monoisotopic (exact) mass is 354 g/mol. The smallest absolute Gasteiger partial charge is 0.335 e. The van der Waals surface area contributed by atoms with Crippen LogP contribution in [0, 0.1) is 0 Å². The lowest BCUT2D eigenvalue weighted by Gasteiger charge is -2.22. The van der Waals surface area contributed by atoms with E-state index in [1.165, 1.54) is 45.0 Å². The first-order chi connectivity index (χ1) is 11.5. The Morgan fingerprint density at radius 1 is 1.08 bits per heavy atom. The van der Waals surface area contributed by atoms with Crippen molar-refractivity contribution in [3.8, 4) is 0 Å². The average Bonchev–Trinajstić information content (AvgIpc) is 2.53. The lowest BCUT2D eigenvalue weighted by Crippen LogP contribution is -2.27. The minimum absolute atomic E-state index is 0.235. The third-order valence-corrected chi connectivity index (χ3v) is 4.44. The summed E-state index contributed by atoms with van der Waals surface area (Å²) < 4.78 is 0. The van der Waals surface area contributed by atoms with Gasteiger partial charge in [0.2, 0.25) is 0 Å². The number of benzene rings is 1. The minimum atomic E-state index is -0.944. The van der Waals surface area contributed by atoms with Crippen molar-refractivity contribution in [3.05, 3.63) is 34.3 Å². The topological polar surface area (TPSA) is 43.8 Å². The number of hydrogen-bond acceptors (Lipinski definition) is 3. The quantitative estimate of drug-likeness (QED) is 0.566. The van der Waals surface area contributed by atoms with Crippen molar-refractivity contribution in [2.24, 2.45) is 0 Å². The summed E-state index contributed by atoms with van der Waals surface area (Å²) in [5.41, 5.74) is 1.21.